The topological polar surface area (TPSA) is 111 Å². The lowest BCUT2D eigenvalue weighted by molar-refractivity contribution is -0.806. The summed E-state index contributed by atoms with van der Waals surface area (Å²) in [6, 6.07) is 4.81. The van der Waals surface area contributed by atoms with Crippen LogP contribution in [0.25, 0.3) is 0 Å². The smallest absolute Gasteiger partial charge is 0.170 e. The summed E-state index contributed by atoms with van der Waals surface area (Å²) < 4.78 is 0. The van der Waals surface area contributed by atoms with Crippen molar-refractivity contribution >= 4 is 5.69 Å². The zero-order valence-electron chi connectivity index (χ0n) is 8.11. The summed E-state index contributed by atoms with van der Waals surface area (Å²) in [5.74, 6) is 0.283. The van der Waals surface area contributed by atoms with Crippen LogP contribution >= 0.6 is 0 Å². The Bertz CT molecular complexity index is 319. The van der Waals surface area contributed by atoms with E-state index in [9.17, 15) is 0 Å². The molecular formula is C7H9NO8. The van der Waals surface area contributed by atoms with Gasteiger partial charge < -0.3 is 10.6 Å². The number of benzene rings is 1. The SMILES string of the molecule is Cc1ccc(OOOOOOOO)cc1N. The van der Waals surface area contributed by atoms with Gasteiger partial charge in [-0.15, -0.1) is 0 Å². The molecule has 0 unspecified atom stereocenters. The number of aryl methyl sites for hydroxylation is 1. The van der Waals surface area contributed by atoms with Crippen LogP contribution in [0.1, 0.15) is 5.56 Å². The summed E-state index contributed by atoms with van der Waals surface area (Å²) in [5.41, 5.74) is 7.01. The maximum Gasteiger partial charge on any atom is 0.170 e. The number of nitrogen functional groups attached to an aromatic ring is 1. The molecule has 0 saturated carbocycles. The van der Waals surface area contributed by atoms with Gasteiger partial charge >= 0.3 is 0 Å². The predicted octanol–water partition coefficient (Wildman–Crippen LogP) is 1.02. The Morgan fingerprint density at radius 1 is 1.06 bits per heavy atom. The van der Waals surface area contributed by atoms with Crippen LogP contribution in [-0.2, 0) is 30.2 Å². The molecule has 9 heteroatoms. The maximum atomic E-state index is 7.59. The fourth-order valence-corrected chi connectivity index (χ4v) is 0.770. The molecule has 0 radical (unpaired) electrons. The number of nitrogens with two attached hydrogens (primary N) is 1. The highest BCUT2D eigenvalue weighted by Gasteiger charge is 2.00. The zero-order valence-corrected chi connectivity index (χ0v) is 8.11. The minimum absolute atomic E-state index is 0.283. The molecule has 0 aliphatic heterocycles. The summed E-state index contributed by atoms with van der Waals surface area (Å²) in [7, 11) is 0. The molecule has 9 nitrogen and oxygen atoms in total. The first-order chi connectivity index (χ1) is 7.74. The largest absolute Gasteiger partial charge is 0.398 e. The van der Waals surface area contributed by atoms with Crippen LogP contribution in [0.4, 0.5) is 5.69 Å². The Hall–Kier alpha value is -1.46. The number of anilines is 1. The second kappa shape index (κ2) is 6.92. The van der Waals surface area contributed by atoms with Crippen molar-refractivity contribution in [3.63, 3.8) is 0 Å². The highest BCUT2D eigenvalue weighted by Crippen LogP contribution is 2.19. The minimum atomic E-state index is 0.283. The van der Waals surface area contributed by atoms with E-state index >= 15 is 0 Å². The van der Waals surface area contributed by atoms with Crippen LogP contribution in [-0.4, -0.2) is 5.26 Å². The van der Waals surface area contributed by atoms with Gasteiger partial charge in [0.2, 0.25) is 0 Å². The normalized spacial score (nSPS) is 10.4. The molecule has 0 aromatic heterocycles. The molecule has 1 aromatic rings. The molecule has 90 valence electrons. The van der Waals surface area contributed by atoms with E-state index in [0.29, 0.717) is 5.69 Å². The molecule has 0 aliphatic carbocycles. The van der Waals surface area contributed by atoms with Crippen molar-refractivity contribution in [1.29, 1.82) is 0 Å². The fourth-order valence-electron chi connectivity index (χ4n) is 0.770. The first-order valence-electron chi connectivity index (χ1n) is 3.91. The summed E-state index contributed by atoms with van der Waals surface area (Å²) in [6.45, 7) is 1.83. The van der Waals surface area contributed by atoms with E-state index in [0.717, 1.165) is 5.56 Å². The van der Waals surface area contributed by atoms with Crippen LogP contribution in [0, 0.1) is 6.92 Å². The molecule has 16 heavy (non-hydrogen) atoms. The Labute approximate surface area is 89.2 Å². The predicted molar refractivity (Wildman–Crippen MR) is 45.4 cm³/mol. The molecule has 0 spiro atoms. The van der Waals surface area contributed by atoms with E-state index in [1.165, 1.54) is 6.07 Å². The van der Waals surface area contributed by atoms with Gasteiger partial charge in [-0.05, 0) is 33.7 Å². The minimum Gasteiger partial charge on any atom is -0.398 e. The van der Waals surface area contributed by atoms with Gasteiger partial charge in [0.1, 0.15) is 0 Å². The van der Waals surface area contributed by atoms with E-state index in [4.69, 9.17) is 11.0 Å². The molecular weight excluding hydrogens is 226 g/mol. The average molecular weight is 235 g/mol. The Kier molecular flexibility index (Phi) is 5.45. The van der Waals surface area contributed by atoms with Gasteiger partial charge in [0.05, 0.1) is 0 Å². The summed E-state index contributed by atoms with van der Waals surface area (Å²) in [4.78, 5) is 4.56. The fraction of sp³-hybridized carbons (Fsp3) is 0.143. The van der Waals surface area contributed by atoms with E-state index in [-0.39, 0.29) is 5.75 Å². The van der Waals surface area contributed by atoms with Crippen molar-refractivity contribution < 1.29 is 40.4 Å². The lowest BCUT2D eigenvalue weighted by Crippen LogP contribution is -2.02. The van der Waals surface area contributed by atoms with Crippen molar-refractivity contribution in [2.45, 2.75) is 6.92 Å². The second-order valence-corrected chi connectivity index (χ2v) is 2.52. The van der Waals surface area contributed by atoms with Crippen molar-refractivity contribution in [1.82, 2.24) is 0 Å². The first-order valence-corrected chi connectivity index (χ1v) is 3.91. The van der Waals surface area contributed by atoms with Gasteiger partial charge in [0.15, 0.2) is 5.75 Å². The molecule has 0 amide bonds. The summed E-state index contributed by atoms with van der Waals surface area (Å²) in [5, 5.41) is 29.0. The monoisotopic (exact) mass is 235 g/mol. The lowest BCUT2D eigenvalue weighted by Gasteiger charge is -2.03. The highest BCUT2D eigenvalue weighted by atomic mass is 17.9. The second-order valence-electron chi connectivity index (χ2n) is 2.52. The Morgan fingerprint density at radius 3 is 2.44 bits per heavy atom. The van der Waals surface area contributed by atoms with Gasteiger partial charge in [-0.2, -0.15) is 0 Å². The highest BCUT2D eigenvalue weighted by molar-refractivity contribution is 5.50. The van der Waals surface area contributed by atoms with Gasteiger partial charge in [-0.1, -0.05) is 6.07 Å². The third-order valence-corrected chi connectivity index (χ3v) is 1.52. The lowest BCUT2D eigenvalue weighted by atomic mass is 10.2. The Morgan fingerprint density at radius 2 is 1.75 bits per heavy atom. The van der Waals surface area contributed by atoms with Crippen LogP contribution in [0.2, 0.25) is 0 Å². The maximum absolute atomic E-state index is 7.59. The summed E-state index contributed by atoms with van der Waals surface area (Å²) >= 11 is 0. The van der Waals surface area contributed by atoms with E-state index < -0.39 is 0 Å². The molecule has 0 aliphatic rings. The van der Waals surface area contributed by atoms with Crippen LogP contribution in [0.3, 0.4) is 0 Å². The summed E-state index contributed by atoms with van der Waals surface area (Å²) in [6.07, 6.45) is 0. The van der Waals surface area contributed by atoms with Crippen LogP contribution < -0.4 is 10.6 Å². The van der Waals surface area contributed by atoms with E-state index in [1.54, 1.807) is 12.1 Å². The molecule has 3 N–H and O–H groups in total. The molecule has 0 atom stereocenters. The van der Waals surface area contributed by atoms with Gasteiger partial charge in [0.25, 0.3) is 0 Å². The molecule has 1 aromatic carbocycles. The van der Waals surface area contributed by atoms with Gasteiger partial charge in [-0.25, -0.2) is 5.26 Å². The average Bonchev–Trinajstić information content (AvgIpc) is 2.28. The van der Waals surface area contributed by atoms with Crippen LogP contribution in [0.5, 0.6) is 5.75 Å². The third kappa shape index (κ3) is 4.37. The van der Waals surface area contributed by atoms with E-state index in [2.05, 4.69) is 35.1 Å². The van der Waals surface area contributed by atoms with Crippen molar-refractivity contribution in [2.75, 3.05) is 5.73 Å². The third-order valence-electron chi connectivity index (χ3n) is 1.52. The zero-order chi connectivity index (χ0) is 11.8. The Balaban J connectivity index is 2.19. The molecule has 1 rings (SSSR count). The van der Waals surface area contributed by atoms with Crippen molar-refractivity contribution in [2.24, 2.45) is 0 Å². The molecule has 0 fully saturated rings. The van der Waals surface area contributed by atoms with E-state index in [1.807, 2.05) is 6.92 Å². The number of rotatable bonds is 7. The van der Waals surface area contributed by atoms with Gasteiger partial charge in [-0.3, -0.25) is 0 Å². The quantitative estimate of drug-likeness (QED) is 0.309. The van der Waals surface area contributed by atoms with Crippen LogP contribution in [0.15, 0.2) is 18.2 Å². The first kappa shape index (κ1) is 12.6. The van der Waals surface area contributed by atoms with Crippen molar-refractivity contribution in [3.8, 4) is 5.75 Å². The standard InChI is InChI=1S/C7H9NO8/c1-5-2-3-6(4-7(5)8)10-12-14-16-15-13-11-9/h2-4,9H,8H2,1H3. The molecule has 0 saturated heterocycles. The molecule has 0 bridgehead atoms. The number of hydrogen-bond acceptors (Lipinski definition) is 9. The number of hydrogen-bond donors (Lipinski definition) is 2. The molecule has 0 heterocycles. The van der Waals surface area contributed by atoms with Crippen molar-refractivity contribution in [3.05, 3.63) is 23.8 Å². The van der Waals surface area contributed by atoms with Gasteiger partial charge in [0, 0.05) is 26.9 Å².